The lowest BCUT2D eigenvalue weighted by Crippen LogP contribution is -2.41. The molecule has 3 rings (SSSR count). The van der Waals surface area contributed by atoms with Crippen LogP contribution >= 0.6 is 12.4 Å². The minimum Gasteiger partial charge on any atom is -0.298 e. The molecule has 0 aromatic heterocycles. The summed E-state index contributed by atoms with van der Waals surface area (Å²) in [5.74, 6) is 0. The van der Waals surface area contributed by atoms with Crippen molar-refractivity contribution in [2.75, 3.05) is 13.1 Å². The van der Waals surface area contributed by atoms with Crippen molar-refractivity contribution in [1.82, 2.24) is 4.90 Å². The molecule has 1 aliphatic heterocycles. The molecule has 132 valence electrons. The molecule has 25 heavy (non-hydrogen) atoms. The predicted octanol–water partition coefficient (Wildman–Crippen LogP) is 5.18. The number of nitriles is 1. The SMILES string of the molecule is CC1(C)CCCN1CCC(C#N)(c1ccccc1)c1ccccc1.Cl. The Labute approximate surface area is 157 Å². The summed E-state index contributed by atoms with van der Waals surface area (Å²) in [6, 6.07) is 23.2. The van der Waals surface area contributed by atoms with Crippen molar-refractivity contribution in [1.29, 1.82) is 5.26 Å². The lowest BCUT2D eigenvalue weighted by atomic mass is 9.73. The Morgan fingerprint density at radius 1 is 1.00 bits per heavy atom. The second-order valence-electron chi connectivity index (χ2n) is 7.40. The summed E-state index contributed by atoms with van der Waals surface area (Å²) in [6.07, 6.45) is 3.31. The Balaban J connectivity index is 0.00000225. The van der Waals surface area contributed by atoms with E-state index in [1.165, 1.54) is 12.8 Å². The van der Waals surface area contributed by atoms with Crippen LogP contribution in [0, 0.1) is 11.3 Å². The highest BCUT2D eigenvalue weighted by Gasteiger charge is 2.38. The molecule has 2 aromatic rings. The number of rotatable bonds is 5. The van der Waals surface area contributed by atoms with Gasteiger partial charge in [-0.1, -0.05) is 60.7 Å². The van der Waals surface area contributed by atoms with E-state index in [0.717, 1.165) is 30.6 Å². The average Bonchev–Trinajstić information content (AvgIpc) is 2.96. The Bertz CT molecular complexity index is 664. The first-order valence-electron chi connectivity index (χ1n) is 8.86. The zero-order valence-electron chi connectivity index (χ0n) is 15.1. The zero-order valence-corrected chi connectivity index (χ0v) is 15.9. The van der Waals surface area contributed by atoms with Crippen LogP contribution in [0.15, 0.2) is 60.7 Å². The van der Waals surface area contributed by atoms with Crippen LogP contribution in [0.2, 0.25) is 0 Å². The summed E-state index contributed by atoms with van der Waals surface area (Å²) in [5, 5.41) is 10.2. The van der Waals surface area contributed by atoms with E-state index in [2.05, 4.69) is 49.1 Å². The number of benzene rings is 2. The van der Waals surface area contributed by atoms with Crippen molar-refractivity contribution in [2.24, 2.45) is 0 Å². The summed E-state index contributed by atoms with van der Waals surface area (Å²) in [5.41, 5.74) is 1.85. The standard InChI is InChI=1S/C22H26N2.ClH/c1-21(2)14-9-16-24(21)17-15-22(18-23,19-10-5-3-6-11-19)20-12-7-4-8-13-20;/h3-8,10-13H,9,14-17H2,1-2H3;1H. The first kappa shape index (κ1) is 19.5. The maximum absolute atomic E-state index is 10.2. The van der Waals surface area contributed by atoms with Gasteiger partial charge in [-0.3, -0.25) is 4.90 Å². The molecule has 0 radical (unpaired) electrons. The topological polar surface area (TPSA) is 27.0 Å². The Morgan fingerprint density at radius 2 is 1.52 bits per heavy atom. The van der Waals surface area contributed by atoms with Crippen molar-refractivity contribution >= 4 is 12.4 Å². The van der Waals surface area contributed by atoms with Crippen LogP contribution in [0.5, 0.6) is 0 Å². The highest BCUT2D eigenvalue weighted by molar-refractivity contribution is 5.85. The fourth-order valence-electron chi connectivity index (χ4n) is 3.97. The van der Waals surface area contributed by atoms with Gasteiger partial charge in [0.1, 0.15) is 5.41 Å². The first-order valence-corrected chi connectivity index (χ1v) is 8.86. The summed E-state index contributed by atoms with van der Waals surface area (Å²) in [7, 11) is 0. The number of hydrogen-bond acceptors (Lipinski definition) is 2. The maximum Gasteiger partial charge on any atom is 0.108 e. The van der Waals surface area contributed by atoms with Crippen molar-refractivity contribution < 1.29 is 0 Å². The summed E-state index contributed by atoms with van der Waals surface area (Å²) in [4.78, 5) is 2.55. The minimum absolute atomic E-state index is 0. The molecule has 3 heteroatoms. The maximum atomic E-state index is 10.2. The van der Waals surface area contributed by atoms with Crippen LogP contribution in [-0.4, -0.2) is 23.5 Å². The van der Waals surface area contributed by atoms with Crippen LogP contribution < -0.4 is 0 Å². The first-order chi connectivity index (χ1) is 11.6. The van der Waals surface area contributed by atoms with Crippen LogP contribution in [0.4, 0.5) is 0 Å². The minimum atomic E-state index is -0.582. The van der Waals surface area contributed by atoms with Gasteiger partial charge in [0.2, 0.25) is 0 Å². The number of hydrogen-bond donors (Lipinski definition) is 0. The van der Waals surface area contributed by atoms with E-state index < -0.39 is 5.41 Å². The van der Waals surface area contributed by atoms with Crippen molar-refractivity contribution in [3.05, 3.63) is 71.8 Å². The third-order valence-corrected chi connectivity index (χ3v) is 5.55. The van der Waals surface area contributed by atoms with Crippen molar-refractivity contribution in [3.8, 4) is 6.07 Å². The lowest BCUT2D eigenvalue weighted by Gasteiger charge is -2.35. The molecule has 1 aliphatic rings. The van der Waals surface area contributed by atoms with Crippen molar-refractivity contribution in [3.63, 3.8) is 0 Å². The van der Waals surface area contributed by atoms with E-state index >= 15 is 0 Å². The summed E-state index contributed by atoms with van der Waals surface area (Å²) < 4.78 is 0. The van der Waals surface area contributed by atoms with E-state index in [1.54, 1.807) is 0 Å². The van der Waals surface area contributed by atoms with Gasteiger partial charge in [-0.05, 0) is 50.8 Å². The van der Waals surface area contributed by atoms with Crippen LogP contribution in [-0.2, 0) is 5.41 Å². The largest absolute Gasteiger partial charge is 0.298 e. The van der Waals surface area contributed by atoms with E-state index in [-0.39, 0.29) is 17.9 Å². The smallest absolute Gasteiger partial charge is 0.108 e. The van der Waals surface area contributed by atoms with Gasteiger partial charge >= 0.3 is 0 Å². The molecule has 1 heterocycles. The van der Waals surface area contributed by atoms with E-state index in [1.807, 2.05) is 36.4 Å². The molecule has 0 aliphatic carbocycles. The van der Waals surface area contributed by atoms with Gasteiger partial charge in [-0.2, -0.15) is 5.26 Å². The number of nitrogens with zero attached hydrogens (tertiary/aromatic N) is 2. The zero-order chi connectivity index (χ0) is 17.0. The highest BCUT2D eigenvalue weighted by atomic mass is 35.5. The third kappa shape index (κ3) is 3.89. The number of halogens is 1. The average molecular weight is 355 g/mol. The Morgan fingerprint density at radius 3 is 1.92 bits per heavy atom. The molecule has 1 saturated heterocycles. The van der Waals surface area contributed by atoms with Gasteiger partial charge in [0.15, 0.2) is 0 Å². The molecule has 0 bridgehead atoms. The fourth-order valence-corrected chi connectivity index (χ4v) is 3.97. The molecule has 2 nitrogen and oxygen atoms in total. The molecule has 0 saturated carbocycles. The monoisotopic (exact) mass is 354 g/mol. The second-order valence-corrected chi connectivity index (χ2v) is 7.40. The fraction of sp³-hybridized carbons (Fsp3) is 0.409. The summed E-state index contributed by atoms with van der Waals surface area (Å²) >= 11 is 0. The predicted molar refractivity (Wildman–Crippen MR) is 106 cm³/mol. The quantitative estimate of drug-likeness (QED) is 0.739. The normalized spacial score (nSPS) is 16.8. The van der Waals surface area contributed by atoms with Crippen LogP contribution in [0.3, 0.4) is 0 Å². The Kier molecular flexibility index (Phi) is 6.27. The molecule has 2 aromatic carbocycles. The van der Waals surface area contributed by atoms with Gasteiger partial charge in [-0.25, -0.2) is 0 Å². The highest BCUT2D eigenvalue weighted by Crippen LogP contribution is 2.37. The molecular formula is C22H27ClN2. The van der Waals surface area contributed by atoms with E-state index in [4.69, 9.17) is 0 Å². The van der Waals surface area contributed by atoms with E-state index in [0.29, 0.717) is 0 Å². The molecule has 0 N–H and O–H groups in total. The molecule has 1 fully saturated rings. The van der Waals surface area contributed by atoms with Crippen LogP contribution in [0.1, 0.15) is 44.2 Å². The molecular weight excluding hydrogens is 328 g/mol. The van der Waals surface area contributed by atoms with Gasteiger partial charge < -0.3 is 0 Å². The number of likely N-dealkylation sites (tertiary alicyclic amines) is 1. The summed E-state index contributed by atoms with van der Waals surface area (Å²) in [6.45, 7) is 6.72. The van der Waals surface area contributed by atoms with Gasteiger partial charge in [-0.15, -0.1) is 12.4 Å². The third-order valence-electron chi connectivity index (χ3n) is 5.55. The van der Waals surface area contributed by atoms with Gasteiger partial charge in [0, 0.05) is 12.1 Å². The van der Waals surface area contributed by atoms with E-state index in [9.17, 15) is 5.26 Å². The second kappa shape index (κ2) is 8.04. The van der Waals surface area contributed by atoms with Crippen molar-refractivity contribution in [2.45, 2.75) is 44.1 Å². The van der Waals surface area contributed by atoms with Gasteiger partial charge in [0.05, 0.1) is 6.07 Å². The van der Waals surface area contributed by atoms with Gasteiger partial charge in [0.25, 0.3) is 0 Å². The molecule has 0 atom stereocenters. The van der Waals surface area contributed by atoms with Crippen LogP contribution in [0.25, 0.3) is 0 Å². The molecule has 0 spiro atoms. The Hall–Kier alpha value is -1.82. The lowest BCUT2D eigenvalue weighted by molar-refractivity contribution is 0.167. The molecule has 0 unspecified atom stereocenters. The molecule has 0 amide bonds.